The van der Waals surface area contributed by atoms with Crippen LogP contribution in [0.3, 0.4) is 0 Å². The molecule has 0 saturated carbocycles. The molecule has 0 fully saturated rings. The van der Waals surface area contributed by atoms with Crippen molar-refractivity contribution in [2.45, 2.75) is 40.2 Å². The molecule has 1 N–H and O–H groups in total. The van der Waals surface area contributed by atoms with Crippen LogP contribution in [0, 0.1) is 5.92 Å². The zero-order chi connectivity index (χ0) is 16.8. The quantitative estimate of drug-likeness (QED) is 0.669. The Morgan fingerprint density at radius 3 is 2.74 bits per heavy atom. The summed E-state index contributed by atoms with van der Waals surface area (Å²) in [5.41, 5.74) is 0.472. The van der Waals surface area contributed by atoms with Gasteiger partial charge in [-0.3, -0.25) is 10.1 Å². The van der Waals surface area contributed by atoms with Gasteiger partial charge in [0.2, 0.25) is 6.79 Å². The number of nitrogens with zero attached hydrogens (tertiary/aromatic N) is 1. The van der Waals surface area contributed by atoms with Crippen LogP contribution in [0.4, 0.5) is 0 Å². The molecule has 0 unspecified atom stereocenters. The van der Waals surface area contributed by atoms with E-state index in [1.54, 1.807) is 18.2 Å². The van der Waals surface area contributed by atoms with E-state index in [1.165, 1.54) is 0 Å². The molecule has 1 aliphatic heterocycles. The number of benzene rings is 1. The minimum Gasteiger partial charge on any atom is -0.465 e. The van der Waals surface area contributed by atoms with Gasteiger partial charge in [-0.05, 0) is 37.5 Å². The number of hydrogen-bond donors (Lipinski definition) is 1. The Bertz CT molecular complexity index is 584. The SMILES string of the molecule is CC[C@@H](C)N=C(NC(=O)c1ccc2c(c1)OCO2)OCC(C)C. The third kappa shape index (κ3) is 4.87. The van der Waals surface area contributed by atoms with Gasteiger partial charge in [0.1, 0.15) is 0 Å². The molecule has 1 aromatic rings. The first-order chi connectivity index (χ1) is 11.0. The fourth-order valence-corrected chi connectivity index (χ4v) is 1.85. The summed E-state index contributed by atoms with van der Waals surface area (Å²) in [6.07, 6.45) is 0.869. The molecule has 1 atom stereocenters. The van der Waals surface area contributed by atoms with Crippen LogP contribution in [0.2, 0.25) is 0 Å². The van der Waals surface area contributed by atoms with E-state index in [0.717, 1.165) is 6.42 Å². The van der Waals surface area contributed by atoms with Gasteiger partial charge in [0.25, 0.3) is 11.9 Å². The van der Waals surface area contributed by atoms with Gasteiger partial charge < -0.3 is 14.2 Å². The third-order valence-corrected chi connectivity index (χ3v) is 3.34. The average molecular weight is 320 g/mol. The molecule has 0 aromatic heterocycles. The largest absolute Gasteiger partial charge is 0.465 e. The van der Waals surface area contributed by atoms with Crippen molar-refractivity contribution in [1.82, 2.24) is 5.32 Å². The van der Waals surface area contributed by atoms with Crippen LogP contribution in [0.25, 0.3) is 0 Å². The second-order valence-corrected chi connectivity index (χ2v) is 5.92. The Hall–Kier alpha value is -2.24. The number of carbonyl (C=O) groups excluding carboxylic acids is 1. The highest BCUT2D eigenvalue weighted by atomic mass is 16.7. The van der Waals surface area contributed by atoms with Crippen molar-refractivity contribution in [2.75, 3.05) is 13.4 Å². The van der Waals surface area contributed by atoms with Gasteiger partial charge in [-0.2, -0.15) is 0 Å². The molecule has 23 heavy (non-hydrogen) atoms. The van der Waals surface area contributed by atoms with E-state index < -0.39 is 0 Å². The highest BCUT2D eigenvalue weighted by molar-refractivity contribution is 6.04. The number of carbonyl (C=O) groups is 1. The van der Waals surface area contributed by atoms with Crippen molar-refractivity contribution < 1.29 is 19.0 Å². The topological polar surface area (TPSA) is 69.2 Å². The molecule has 1 aromatic carbocycles. The van der Waals surface area contributed by atoms with Crippen LogP contribution in [0.15, 0.2) is 23.2 Å². The smallest absolute Gasteiger partial charge is 0.291 e. The van der Waals surface area contributed by atoms with Crippen molar-refractivity contribution in [3.05, 3.63) is 23.8 Å². The Labute approximate surface area is 136 Å². The van der Waals surface area contributed by atoms with Gasteiger partial charge in [-0.25, -0.2) is 4.99 Å². The van der Waals surface area contributed by atoms with Gasteiger partial charge in [-0.15, -0.1) is 0 Å². The lowest BCUT2D eigenvalue weighted by atomic mass is 10.2. The molecule has 2 rings (SSSR count). The second kappa shape index (κ2) is 7.85. The Morgan fingerprint density at radius 2 is 2.04 bits per heavy atom. The van der Waals surface area contributed by atoms with Gasteiger partial charge in [-0.1, -0.05) is 20.8 Å². The van der Waals surface area contributed by atoms with E-state index in [0.29, 0.717) is 29.6 Å². The molecule has 1 heterocycles. The summed E-state index contributed by atoms with van der Waals surface area (Å²) >= 11 is 0. The second-order valence-electron chi connectivity index (χ2n) is 5.92. The lowest BCUT2D eigenvalue weighted by molar-refractivity contribution is 0.0962. The van der Waals surface area contributed by atoms with E-state index in [9.17, 15) is 4.79 Å². The highest BCUT2D eigenvalue weighted by Gasteiger charge is 2.18. The van der Waals surface area contributed by atoms with Crippen molar-refractivity contribution in [1.29, 1.82) is 0 Å². The summed E-state index contributed by atoms with van der Waals surface area (Å²) < 4.78 is 16.2. The zero-order valence-corrected chi connectivity index (χ0v) is 14.1. The molecule has 0 saturated heterocycles. The van der Waals surface area contributed by atoms with Crippen LogP contribution in [0.5, 0.6) is 11.5 Å². The molecule has 1 aliphatic rings. The fourth-order valence-electron chi connectivity index (χ4n) is 1.85. The van der Waals surface area contributed by atoms with Crippen molar-refractivity contribution in [3.8, 4) is 11.5 Å². The highest BCUT2D eigenvalue weighted by Crippen LogP contribution is 2.32. The van der Waals surface area contributed by atoms with Crippen LogP contribution < -0.4 is 14.8 Å². The Morgan fingerprint density at radius 1 is 1.30 bits per heavy atom. The Kier molecular flexibility index (Phi) is 5.84. The van der Waals surface area contributed by atoms with Gasteiger partial charge in [0.05, 0.1) is 12.6 Å². The molecule has 0 aliphatic carbocycles. The maximum Gasteiger partial charge on any atom is 0.291 e. The molecule has 0 spiro atoms. The number of ether oxygens (including phenoxy) is 3. The Balaban J connectivity index is 2.08. The maximum absolute atomic E-state index is 12.4. The number of hydrogen-bond acceptors (Lipinski definition) is 5. The van der Waals surface area contributed by atoms with Crippen molar-refractivity contribution >= 4 is 11.9 Å². The number of amidine groups is 1. The minimum atomic E-state index is -0.283. The van der Waals surface area contributed by atoms with Crippen LogP contribution >= 0.6 is 0 Å². The molecule has 0 bridgehead atoms. The molecular formula is C17H24N2O4. The monoisotopic (exact) mass is 320 g/mol. The summed E-state index contributed by atoms with van der Waals surface area (Å²) in [6.45, 7) is 8.77. The summed E-state index contributed by atoms with van der Waals surface area (Å²) in [6, 6.07) is 5.40. The first-order valence-corrected chi connectivity index (χ1v) is 7.91. The van der Waals surface area contributed by atoms with E-state index >= 15 is 0 Å². The van der Waals surface area contributed by atoms with E-state index in [4.69, 9.17) is 14.2 Å². The van der Waals surface area contributed by atoms with Crippen LogP contribution in [-0.2, 0) is 4.74 Å². The van der Waals surface area contributed by atoms with Crippen LogP contribution in [0.1, 0.15) is 44.5 Å². The summed E-state index contributed by atoms with van der Waals surface area (Å²) in [5, 5.41) is 2.74. The van der Waals surface area contributed by atoms with E-state index in [2.05, 4.69) is 10.3 Å². The van der Waals surface area contributed by atoms with Gasteiger partial charge in [0, 0.05) is 5.56 Å². The lowest BCUT2D eigenvalue weighted by Gasteiger charge is -2.14. The number of nitrogens with one attached hydrogen (secondary N) is 1. The predicted octanol–water partition coefficient (Wildman–Crippen LogP) is 2.97. The summed E-state index contributed by atoms with van der Waals surface area (Å²) in [5.74, 6) is 1.28. The molecule has 1 amide bonds. The van der Waals surface area contributed by atoms with Crippen LogP contribution in [-0.4, -0.2) is 31.4 Å². The fraction of sp³-hybridized carbons (Fsp3) is 0.529. The summed E-state index contributed by atoms with van der Waals surface area (Å²) in [4.78, 5) is 16.8. The number of rotatable bonds is 5. The maximum atomic E-state index is 12.4. The first kappa shape index (κ1) is 17.1. The number of aliphatic imine (C=N–C) groups is 1. The molecule has 0 radical (unpaired) electrons. The van der Waals surface area contributed by atoms with Gasteiger partial charge >= 0.3 is 0 Å². The molecule has 6 nitrogen and oxygen atoms in total. The van der Waals surface area contributed by atoms with Crippen molar-refractivity contribution in [3.63, 3.8) is 0 Å². The standard InChI is InChI=1S/C17H24N2O4/c1-5-12(4)18-17(21-9-11(2)3)19-16(20)13-6-7-14-15(8-13)23-10-22-14/h6-8,11-12H,5,9-10H2,1-4H3,(H,18,19,20)/t12-/m1/s1. The normalized spacial score (nSPS) is 14.7. The van der Waals surface area contributed by atoms with E-state index in [-0.39, 0.29) is 24.8 Å². The van der Waals surface area contributed by atoms with Gasteiger partial charge in [0.15, 0.2) is 11.5 Å². The zero-order valence-electron chi connectivity index (χ0n) is 14.1. The number of amides is 1. The van der Waals surface area contributed by atoms with Crippen molar-refractivity contribution in [2.24, 2.45) is 10.9 Å². The lowest BCUT2D eigenvalue weighted by Crippen LogP contribution is -2.34. The first-order valence-electron chi connectivity index (χ1n) is 7.91. The van der Waals surface area contributed by atoms with E-state index in [1.807, 2.05) is 27.7 Å². The predicted molar refractivity (Wildman–Crippen MR) is 88.0 cm³/mol. The molecule has 126 valence electrons. The molecular weight excluding hydrogens is 296 g/mol. The summed E-state index contributed by atoms with van der Waals surface area (Å²) in [7, 11) is 0. The third-order valence-electron chi connectivity index (χ3n) is 3.34. The minimum absolute atomic E-state index is 0.0780. The average Bonchev–Trinajstić information content (AvgIpc) is 2.99. The number of fused-ring (bicyclic) bond motifs is 1. The molecule has 6 heteroatoms.